The van der Waals surface area contributed by atoms with E-state index >= 15 is 0 Å². The predicted molar refractivity (Wildman–Crippen MR) is 137 cm³/mol. The van der Waals surface area contributed by atoms with Crippen molar-refractivity contribution in [2.45, 2.75) is 6.92 Å². The van der Waals surface area contributed by atoms with Gasteiger partial charge in [0.25, 0.3) is 5.91 Å². The second-order valence-electron chi connectivity index (χ2n) is 7.56. The van der Waals surface area contributed by atoms with Gasteiger partial charge in [0.15, 0.2) is 11.7 Å². The van der Waals surface area contributed by atoms with Crippen LogP contribution in [0.15, 0.2) is 83.3 Å². The van der Waals surface area contributed by atoms with Crippen molar-refractivity contribution in [3.63, 3.8) is 0 Å². The van der Waals surface area contributed by atoms with E-state index in [-0.39, 0.29) is 5.91 Å². The molecule has 3 N–H and O–H groups in total. The summed E-state index contributed by atoms with van der Waals surface area (Å²) in [6, 6.07) is 21.9. The summed E-state index contributed by atoms with van der Waals surface area (Å²) >= 11 is 1.51. The molecule has 1 heterocycles. The minimum atomic E-state index is -1.04. The van der Waals surface area contributed by atoms with Gasteiger partial charge in [-0.25, -0.2) is 15.2 Å². The fraction of sp³-hybridized carbons (Fsp3) is 0.0769. The molecule has 3 aromatic carbocycles. The normalized spacial score (nSPS) is 10.8. The number of hydrazone groups is 1. The largest absolute Gasteiger partial charge is 0.482 e. The summed E-state index contributed by atoms with van der Waals surface area (Å²) in [5.41, 5.74) is 7.59. The van der Waals surface area contributed by atoms with Gasteiger partial charge >= 0.3 is 5.97 Å². The lowest BCUT2D eigenvalue weighted by molar-refractivity contribution is -0.139. The number of rotatable bonds is 9. The van der Waals surface area contributed by atoms with Gasteiger partial charge < -0.3 is 15.2 Å². The maximum Gasteiger partial charge on any atom is 0.341 e. The minimum Gasteiger partial charge on any atom is -0.482 e. The Labute approximate surface area is 205 Å². The Morgan fingerprint density at radius 3 is 2.43 bits per heavy atom. The molecule has 4 rings (SSSR count). The van der Waals surface area contributed by atoms with E-state index < -0.39 is 12.6 Å². The van der Waals surface area contributed by atoms with Crippen molar-refractivity contribution < 1.29 is 19.4 Å². The van der Waals surface area contributed by atoms with Gasteiger partial charge in [0.2, 0.25) is 0 Å². The highest BCUT2D eigenvalue weighted by Crippen LogP contribution is 2.27. The number of nitrogens with one attached hydrogen (secondary N) is 2. The van der Waals surface area contributed by atoms with Crippen LogP contribution >= 0.6 is 11.3 Å². The monoisotopic (exact) mass is 486 g/mol. The fourth-order valence-electron chi connectivity index (χ4n) is 3.04. The molecule has 0 aliphatic carbocycles. The Hall–Kier alpha value is -4.50. The molecule has 0 unspecified atom stereocenters. The van der Waals surface area contributed by atoms with Crippen LogP contribution < -0.4 is 15.5 Å². The molecule has 176 valence electrons. The van der Waals surface area contributed by atoms with Crippen molar-refractivity contribution >= 4 is 40.2 Å². The highest BCUT2D eigenvalue weighted by Gasteiger charge is 2.08. The number of carbonyl (C=O) groups excluding carboxylic acids is 1. The average Bonchev–Trinajstić information content (AvgIpc) is 3.33. The van der Waals surface area contributed by atoms with Gasteiger partial charge in [-0.1, -0.05) is 29.8 Å². The standard InChI is InChI=1S/C26H22N4O4S/c1-17-2-10-21(11-3-17)28-26-29-23(16-35-26)19-6-8-20(9-7-19)25(33)30-27-14-18-4-12-22(13-5-18)34-15-24(31)32/h2-14,16H,15H2,1H3,(H,28,29)(H,30,33)(H,31,32)/b27-14-. The molecular weight excluding hydrogens is 464 g/mol. The third kappa shape index (κ3) is 6.75. The van der Waals surface area contributed by atoms with Crippen molar-refractivity contribution in [1.82, 2.24) is 10.4 Å². The molecule has 0 bridgehead atoms. The fourth-order valence-corrected chi connectivity index (χ4v) is 3.78. The first-order chi connectivity index (χ1) is 17.0. The number of carbonyl (C=O) groups is 2. The molecular formula is C26H22N4O4S. The lowest BCUT2D eigenvalue weighted by Crippen LogP contribution is -2.17. The van der Waals surface area contributed by atoms with E-state index in [1.54, 1.807) is 36.4 Å². The van der Waals surface area contributed by atoms with Crippen LogP contribution in [0.4, 0.5) is 10.8 Å². The van der Waals surface area contributed by atoms with Gasteiger partial charge in [-0.15, -0.1) is 11.3 Å². The third-order valence-electron chi connectivity index (χ3n) is 4.87. The molecule has 0 atom stereocenters. The zero-order valence-electron chi connectivity index (χ0n) is 18.8. The quantitative estimate of drug-likeness (QED) is 0.224. The SMILES string of the molecule is Cc1ccc(Nc2nc(-c3ccc(C(=O)N/N=C\c4ccc(OCC(=O)O)cc4)cc3)cs2)cc1. The van der Waals surface area contributed by atoms with E-state index in [0.717, 1.165) is 27.6 Å². The molecule has 0 saturated heterocycles. The Morgan fingerprint density at radius 1 is 1.03 bits per heavy atom. The highest BCUT2D eigenvalue weighted by atomic mass is 32.1. The first kappa shape index (κ1) is 23.7. The zero-order valence-corrected chi connectivity index (χ0v) is 19.6. The second-order valence-corrected chi connectivity index (χ2v) is 8.41. The summed E-state index contributed by atoms with van der Waals surface area (Å²) in [5, 5.41) is 18.7. The molecule has 35 heavy (non-hydrogen) atoms. The van der Waals surface area contributed by atoms with Crippen molar-refractivity contribution in [2.75, 3.05) is 11.9 Å². The molecule has 0 spiro atoms. The van der Waals surface area contributed by atoms with Gasteiger partial charge in [0, 0.05) is 22.2 Å². The van der Waals surface area contributed by atoms with Crippen LogP contribution in [-0.4, -0.2) is 34.8 Å². The summed E-state index contributed by atoms with van der Waals surface area (Å²) in [5.74, 6) is -0.945. The predicted octanol–water partition coefficient (Wildman–Crippen LogP) is 5.09. The number of hydrogen-bond donors (Lipinski definition) is 3. The molecule has 0 radical (unpaired) electrons. The smallest absolute Gasteiger partial charge is 0.341 e. The number of hydrogen-bond acceptors (Lipinski definition) is 7. The summed E-state index contributed by atoms with van der Waals surface area (Å²) < 4.78 is 5.08. The number of aromatic nitrogens is 1. The van der Waals surface area contributed by atoms with Gasteiger partial charge in [-0.2, -0.15) is 5.10 Å². The molecule has 0 saturated carbocycles. The molecule has 0 aliphatic rings. The number of anilines is 2. The lowest BCUT2D eigenvalue weighted by atomic mass is 10.1. The molecule has 9 heteroatoms. The van der Waals surface area contributed by atoms with Crippen LogP contribution in [0.3, 0.4) is 0 Å². The van der Waals surface area contributed by atoms with Crippen LogP contribution in [0.25, 0.3) is 11.3 Å². The topological polar surface area (TPSA) is 113 Å². The average molecular weight is 487 g/mol. The van der Waals surface area contributed by atoms with Gasteiger partial charge in [-0.3, -0.25) is 4.79 Å². The minimum absolute atomic E-state index is 0.339. The lowest BCUT2D eigenvalue weighted by Gasteiger charge is -2.04. The molecule has 1 aromatic heterocycles. The first-order valence-corrected chi connectivity index (χ1v) is 11.5. The van der Waals surface area contributed by atoms with E-state index in [1.165, 1.54) is 23.1 Å². The number of aliphatic carboxylic acids is 1. The van der Waals surface area contributed by atoms with E-state index in [2.05, 4.69) is 20.8 Å². The third-order valence-corrected chi connectivity index (χ3v) is 5.63. The van der Waals surface area contributed by atoms with E-state index in [0.29, 0.717) is 11.3 Å². The summed E-state index contributed by atoms with van der Waals surface area (Å²) in [7, 11) is 0. The Bertz CT molecular complexity index is 1330. The maximum absolute atomic E-state index is 12.4. The molecule has 1 amide bonds. The molecule has 0 aliphatic heterocycles. The number of nitrogens with zero attached hydrogens (tertiary/aromatic N) is 2. The summed E-state index contributed by atoms with van der Waals surface area (Å²) in [6.45, 7) is 1.64. The number of ether oxygens (including phenoxy) is 1. The molecule has 8 nitrogen and oxygen atoms in total. The van der Waals surface area contributed by atoms with Gasteiger partial charge in [-0.05, 0) is 61.0 Å². The Morgan fingerprint density at radius 2 is 1.74 bits per heavy atom. The summed E-state index contributed by atoms with van der Waals surface area (Å²) in [6.07, 6.45) is 1.49. The number of benzene rings is 3. The first-order valence-electron chi connectivity index (χ1n) is 10.6. The Balaban J connectivity index is 1.31. The number of aryl methyl sites for hydroxylation is 1. The van der Waals surface area contributed by atoms with E-state index in [4.69, 9.17) is 9.84 Å². The Kier molecular flexibility index (Phi) is 7.49. The zero-order chi connectivity index (χ0) is 24.6. The molecule has 0 fully saturated rings. The number of amides is 1. The second kappa shape index (κ2) is 11.1. The van der Waals surface area contributed by atoms with Crippen LogP contribution in [-0.2, 0) is 4.79 Å². The van der Waals surface area contributed by atoms with Crippen LogP contribution in [0.1, 0.15) is 21.5 Å². The van der Waals surface area contributed by atoms with Crippen molar-refractivity contribution in [1.29, 1.82) is 0 Å². The highest BCUT2D eigenvalue weighted by molar-refractivity contribution is 7.14. The number of thiazole rings is 1. The van der Waals surface area contributed by atoms with E-state index in [1.807, 2.05) is 48.7 Å². The van der Waals surface area contributed by atoms with Crippen LogP contribution in [0.2, 0.25) is 0 Å². The van der Waals surface area contributed by atoms with Crippen molar-refractivity contribution in [3.8, 4) is 17.0 Å². The number of carboxylic acid groups (broad SMARTS) is 1. The van der Waals surface area contributed by atoms with Crippen molar-refractivity contribution in [3.05, 3.63) is 94.9 Å². The number of carboxylic acids is 1. The summed E-state index contributed by atoms with van der Waals surface area (Å²) in [4.78, 5) is 27.6. The van der Waals surface area contributed by atoms with Crippen molar-refractivity contribution in [2.24, 2.45) is 5.10 Å². The van der Waals surface area contributed by atoms with E-state index in [9.17, 15) is 9.59 Å². The van der Waals surface area contributed by atoms with Crippen LogP contribution in [0.5, 0.6) is 5.75 Å². The molecule has 4 aromatic rings. The van der Waals surface area contributed by atoms with Crippen LogP contribution in [0, 0.1) is 6.92 Å². The maximum atomic E-state index is 12.4. The van der Waals surface area contributed by atoms with Gasteiger partial charge in [0.05, 0.1) is 11.9 Å². The van der Waals surface area contributed by atoms with Gasteiger partial charge in [0.1, 0.15) is 5.75 Å².